The largest absolute Gasteiger partial charge is 0.444 e. The van der Waals surface area contributed by atoms with Gasteiger partial charge in [-0.25, -0.2) is 4.79 Å². The lowest BCUT2D eigenvalue weighted by atomic mass is 10.2. The van der Waals surface area contributed by atoms with E-state index in [1.54, 1.807) is 20.8 Å². The Morgan fingerprint density at radius 1 is 1.56 bits per heavy atom. The smallest absolute Gasteiger partial charge is 0.410 e. The van der Waals surface area contributed by atoms with Crippen LogP contribution in [-0.4, -0.2) is 34.6 Å². The summed E-state index contributed by atoms with van der Waals surface area (Å²) in [5.74, 6) is 0. The number of nitrogens with zero attached hydrogens (tertiary/aromatic N) is 2. The van der Waals surface area contributed by atoms with Crippen LogP contribution in [0.25, 0.3) is 0 Å². The predicted octanol–water partition coefficient (Wildman–Crippen LogP) is 1.79. The molecule has 0 atom stereocenters. The van der Waals surface area contributed by atoms with Gasteiger partial charge in [-0.1, -0.05) is 0 Å². The second-order valence-electron chi connectivity index (χ2n) is 4.63. The highest BCUT2D eigenvalue weighted by molar-refractivity contribution is 5.68. The van der Waals surface area contributed by atoms with E-state index in [0.717, 1.165) is 0 Å². The molecule has 1 amide bonds. The monoisotopic (exact) mass is 228 g/mol. The lowest BCUT2D eigenvalue weighted by Crippen LogP contribution is -2.39. The maximum atomic E-state index is 11.6. The van der Waals surface area contributed by atoms with E-state index in [-0.39, 0.29) is 18.7 Å². The fourth-order valence-corrected chi connectivity index (χ4v) is 1.32. The third-order valence-electron chi connectivity index (χ3n) is 2.07. The minimum atomic E-state index is -0.538. The van der Waals surface area contributed by atoms with Crippen LogP contribution in [0.1, 0.15) is 27.2 Å². The Kier molecular flexibility index (Phi) is 3.51. The molecule has 0 aromatic carbocycles. The van der Waals surface area contributed by atoms with Crippen LogP contribution < -0.4 is 0 Å². The summed E-state index contributed by atoms with van der Waals surface area (Å²) in [4.78, 5) is 23.1. The molecule has 6 nitrogen and oxygen atoms in total. The van der Waals surface area contributed by atoms with Gasteiger partial charge >= 0.3 is 6.09 Å². The number of carbonyl (C=O) groups is 1. The number of amides is 1. The molecular formula is C10H16N2O4. The standard InChI is InChI=1S/C10H16N2O4/c1-10(2,3)16-9(13)11-6-4-8(5-7-11)12(14)15/h4H,5-7H2,1-3H3. The van der Waals surface area contributed by atoms with E-state index >= 15 is 0 Å². The third-order valence-corrected chi connectivity index (χ3v) is 2.07. The van der Waals surface area contributed by atoms with Gasteiger partial charge in [-0.05, 0) is 20.8 Å². The number of hydrogen-bond acceptors (Lipinski definition) is 4. The molecule has 0 saturated heterocycles. The van der Waals surface area contributed by atoms with E-state index in [4.69, 9.17) is 4.74 Å². The van der Waals surface area contributed by atoms with Gasteiger partial charge in [-0.3, -0.25) is 10.1 Å². The topological polar surface area (TPSA) is 72.7 Å². The number of rotatable bonds is 1. The van der Waals surface area contributed by atoms with Crippen LogP contribution in [0.15, 0.2) is 11.8 Å². The summed E-state index contributed by atoms with van der Waals surface area (Å²) >= 11 is 0. The molecule has 0 radical (unpaired) electrons. The third kappa shape index (κ3) is 3.52. The molecule has 0 spiro atoms. The van der Waals surface area contributed by atoms with E-state index in [9.17, 15) is 14.9 Å². The van der Waals surface area contributed by atoms with Gasteiger partial charge in [0.25, 0.3) is 0 Å². The lowest BCUT2D eigenvalue weighted by molar-refractivity contribution is -0.429. The maximum Gasteiger partial charge on any atom is 0.410 e. The van der Waals surface area contributed by atoms with Gasteiger partial charge in [0.1, 0.15) is 5.60 Å². The van der Waals surface area contributed by atoms with Gasteiger partial charge in [0, 0.05) is 19.2 Å². The summed E-state index contributed by atoms with van der Waals surface area (Å²) in [5.41, 5.74) is -0.371. The number of nitro groups is 1. The highest BCUT2D eigenvalue weighted by atomic mass is 16.6. The van der Waals surface area contributed by atoms with E-state index in [1.807, 2.05) is 0 Å². The molecule has 0 fully saturated rings. The number of ether oxygens (including phenoxy) is 1. The molecule has 0 aromatic rings. The van der Waals surface area contributed by atoms with Crippen molar-refractivity contribution < 1.29 is 14.5 Å². The van der Waals surface area contributed by atoms with Crippen LogP contribution in [0.2, 0.25) is 0 Å². The van der Waals surface area contributed by atoms with Crippen molar-refractivity contribution in [3.05, 3.63) is 21.9 Å². The van der Waals surface area contributed by atoms with Crippen molar-refractivity contribution in [2.45, 2.75) is 32.8 Å². The highest BCUT2D eigenvalue weighted by Crippen LogP contribution is 2.15. The van der Waals surface area contributed by atoms with E-state index < -0.39 is 16.6 Å². The first-order chi connectivity index (χ1) is 7.29. The molecule has 0 N–H and O–H groups in total. The molecular weight excluding hydrogens is 212 g/mol. The number of hydrogen-bond donors (Lipinski definition) is 0. The molecule has 1 rings (SSSR count). The molecule has 0 bridgehead atoms. The number of carbonyl (C=O) groups excluding carboxylic acids is 1. The molecule has 0 aromatic heterocycles. The molecule has 0 aliphatic carbocycles. The van der Waals surface area contributed by atoms with Crippen LogP contribution in [0.5, 0.6) is 0 Å². The Morgan fingerprint density at radius 2 is 2.19 bits per heavy atom. The normalized spacial score (nSPS) is 16.7. The fourth-order valence-electron chi connectivity index (χ4n) is 1.32. The van der Waals surface area contributed by atoms with E-state index in [0.29, 0.717) is 6.54 Å². The zero-order valence-corrected chi connectivity index (χ0v) is 9.73. The summed E-state index contributed by atoms with van der Waals surface area (Å²) in [6.07, 6.45) is 1.30. The van der Waals surface area contributed by atoms with Crippen LogP contribution in [-0.2, 0) is 4.74 Å². The SMILES string of the molecule is CC(C)(C)OC(=O)N1CC=C([N+](=O)[O-])CC1. The van der Waals surface area contributed by atoms with Gasteiger partial charge in [0.2, 0.25) is 5.70 Å². The fraction of sp³-hybridized carbons (Fsp3) is 0.700. The molecule has 6 heteroatoms. The summed E-state index contributed by atoms with van der Waals surface area (Å²) in [5, 5.41) is 10.5. The Hall–Kier alpha value is -1.59. The van der Waals surface area contributed by atoms with Crippen LogP contribution >= 0.6 is 0 Å². The van der Waals surface area contributed by atoms with Gasteiger partial charge in [0.15, 0.2) is 0 Å². The quantitative estimate of drug-likeness (QED) is 0.506. The van der Waals surface area contributed by atoms with Crippen molar-refractivity contribution in [2.75, 3.05) is 13.1 Å². The minimum absolute atomic E-state index is 0.166. The van der Waals surface area contributed by atoms with Crippen molar-refractivity contribution >= 4 is 6.09 Å². The average molecular weight is 228 g/mol. The van der Waals surface area contributed by atoms with Crippen molar-refractivity contribution in [2.24, 2.45) is 0 Å². The molecule has 1 aliphatic rings. The Bertz CT molecular complexity index is 330. The van der Waals surface area contributed by atoms with Crippen molar-refractivity contribution in [3.63, 3.8) is 0 Å². The van der Waals surface area contributed by atoms with Crippen molar-refractivity contribution in [1.82, 2.24) is 4.90 Å². The van der Waals surface area contributed by atoms with E-state index in [1.165, 1.54) is 11.0 Å². The lowest BCUT2D eigenvalue weighted by Gasteiger charge is -2.27. The second kappa shape index (κ2) is 4.51. The van der Waals surface area contributed by atoms with Crippen LogP contribution in [0.3, 0.4) is 0 Å². The summed E-state index contributed by atoms with van der Waals surface area (Å²) in [7, 11) is 0. The zero-order valence-electron chi connectivity index (χ0n) is 9.73. The first-order valence-corrected chi connectivity index (χ1v) is 5.11. The maximum absolute atomic E-state index is 11.6. The molecule has 0 unspecified atom stereocenters. The van der Waals surface area contributed by atoms with Crippen LogP contribution in [0.4, 0.5) is 4.79 Å². The average Bonchev–Trinajstić information content (AvgIpc) is 2.15. The van der Waals surface area contributed by atoms with Crippen molar-refractivity contribution in [1.29, 1.82) is 0 Å². The summed E-state index contributed by atoms with van der Waals surface area (Å²) in [6.45, 7) is 5.93. The molecule has 1 heterocycles. The summed E-state index contributed by atoms with van der Waals surface area (Å²) < 4.78 is 5.16. The summed E-state index contributed by atoms with van der Waals surface area (Å²) in [6, 6.07) is 0. The van der Waals surface area contributed by atoms with Crippen molar-refractivity contribution in [3.8, 4) is 0 Å². The zero-order chi connectivity index (χ0) is 12.3. The van der Waals surface area contributed by atoms with Gasteiger partial charge < -0.3 is 9.64 Å². The van der Waals surface area contributed by atoms with E-state index in [2.05, 4.69) is 0 Å². The van der Waals surface area contributed by atoms with Gasteiger partial charge in [-0.2, -0.15) is 0 Å². The van der Waals surface area contributed by atoms with Gasteiger partial charge in [-0.15, -0.1) is 0 Å². The minimum Gasteiger partial charge on any atom is -0.444 e. The Morgan fingerprint density at radius 3 is 2.56 bits per heavy atom. The van der Waals surface area contributed by atoms with Gasteiger partial charge in [0.05, 0.1) is 11.3 Å². The van der Waals surface area contributed by atoms with Crippen LogP contribution in [0, 0.1) is 10.1 Å². The molecule has 90 valence electrons. The Balaban J connectivity index is 2.54. The molecule has 1 aliphatic heterocycles. The first-order valence-electron chi connectivity index (χ1n) is 5.11. The Labute approximate surface area is 94.0 Å². The second-order valence-corrected chi connectivity index (χ2v) is 4.63. The molecule has 16 heavy (non-hydrogen) atoms. The first kappa shape index (κ1) is 12.5. The molecule has 0 saturated carbocycles. The highest BCUT2D eigenvalue weighted by Gasteiger charge is 2.26. The predicted molar refractivity (Wildman–Crippen MR) is 57.5 cm³/mol.